The highest BCUT2D eigenvalue weighted by molar-refractivity contribution is 5.87. The first kappa shape index (κ1) is 9.21. The number of unbranched alkanes of at least 4 members (excludes halogenated alkanes) is 1. The highest BCUT2D eigenvalue weighted by Crippen LogP contribution is 2.02. The number of carbonyl (C=O) groups is 1. The first-order valence-electron chi connectivity index (χ1n) is 3.57. The largest absolute Gasteiger partial charge is 0.512 e. The van der Waals surface area contributed by atoms with Crippen molar-refractivity contribution in [1.82, 2.24) is 0 Å². The van der Waals surface area contributed by atoms with E-state index in [1.165, 1.54) is 13.0 Å². The third-order valence-corrected chi connectivity index (χ3v) is 1.16. The molecule has 0 atom stereocenters. The van der Waals surface area contributed by atoms with Gasteiger partial charge in [-0.25, -0.2) is 0 Å². The van der Waals surface area contributed by atoms with Crippen molar-refractivity contribution < 1.29 is 9.90 Å². The molecule has 0 fully saturated rings. The van der Waals surface area contributed by atoms with Crippen molar-refractivity contribution in [1.29, 1.82) is 0 Å². The molecule has 0 saturated carbocycles. The lowest BCUT2D eigenvalue weighted by Crippen LogP contribution is -1.87. The maximum atomic E-state index is 10.4. The van der Waals surface area contributed by atoms with Gasteiger partial charge in [-0.05, 0) is 13.3 Å². The molecule has 0 bridgehead atoms. The van der Waals surface area contributed by atoms with Gasteiger partial charge < -0.3 is 5.11 Å². The van der Waals surface area contributed by atoms with Gasteiger partial charge in [0, 0.05) is 12.5 Å². The number of hydrogen-bond donors (Lipinski definition) is 1. The maximum absolute atomic E-state index is 10.4. The van der Waals surface area contributed by atoms with Gasteiger partial charge in [0.15, 0.2) is 5.78 Å². The average Bonchev–Trinajstić information content (AvgIpc) is 1.82. The Morgan fingerprint density at radius 1 is 1.60 bits per heavy atom. The molecule has 1 N–H and O–H groups in total. The molecule has 0 aromatic rings. The molecule has 2 nitrogen and oxygen atoms in total. The fraction of sp³-hybridized carbons (Fsp3) is 0.625. The molecule has 0 aromatic carbocycles. The van der Waals surface area contributed by atoms with Crippen LogP contribution in [0.4, 0.5) is 0 Å². The van der Waals surface area contributed by atoms with Gasteiger partial charge in [0.1, 0.15) is 0 Å². The highest BCUT2D eigenvalue weighted by atomic mass is 16.3. The topological polar surface area (TPSA) is 37.3 Å². The Hall–Kier alpha value is -0.790. The molecule has 0 radical (unpaired) electrons. The second-order valence-corrected chi connectivity index (χ2v) is 2.35. The van der Waals surface area contributed by atoms with E-state index in [0.717, 1.165) is 12.8 Å². The summed E-state index contributed by atoms with van der Waals surface area (Å²) in [5, 5.41) is 8.99. The summed E-state index contributed by atoms with van der Waals surface area (Å²) in [6, 6.07) is 0. The number of carbonyl (C=O) groups excluding carboxylic acids is 1. The lowest BCUT2D eigenvalue weighted by molar-refractivity contribution is -0.112. The monoisotopic (exact) mass is 142 g/mol. The molecule has 0 aliphatic heterocycles. The SMILES string of the molecule is CCCC/C(O)=C/C(C)=O. The van der Waals surface area contributed by atoms with Gasteiger partial charge in [0.05, 0.1) is 5.76 Å². The van der Waals surface area contributed by atoms with Crippen LogP contribution in [0.25, 0.3) is 0 Å². The minimum atomic E-state index is -0.0893. The molecule has 0 aromatic heterocycles. The number of aliphatic hydroxyl groups is 1. The fourth-order valence-electron chi connectivity index (χ4n) is 0.665. The van der Waals surface area contributed by atoms with Gasteiger partial charge in [-0.1, -0.05) is 13.3 Å². The number of ketones is 1. The minimum Gasteiger partial charge on any atom is -0.512 e. The Balaban J connectivity index is 3.60. The van der Waals surface area contributed by atoms with Gasteiger partial charge in [-0.3, -0.25) is 4.79 Å². The van der Waals surface area contributed by atoms with E-state index < -0.39 is 0 Å². The first-order valence-corrected chi connectivity index (χ1v) is 3.57. The van der Waals surface area contributed by atoms with Crippen LogP contribution in [0.1, 0.15) is 33.1 Å². The summed E-state index contributed by atoms with van der Waals surface area (Å²) < 4.78 is 0. The number of aliphatic hydroxyl groups excluding tert-OH is 1. The molecule has 10 heavy (non-hydrogen) atoms. The van der Waals surface area contributed by atoms with Crippen molar-refractivity contribution in [2.45, 2.75) is 33.1 Å². The standard InChI is InChI=1S/C8H14O2/c1-3-4-5-8(10)6-7(2)9/h6,10H,3-5H2,1-2H3/b8-6-. The normalized spacial score (nSPS) is 11.6. The molecule has 0 aliphatic rings. The van der Waals surface area contributed by atoms with E-state index in [2.05, 4.69) is 0 Å². The second kappa shape index (κ2) is 5.03. The van der Waals surface area contributed by atoms with Crippen LogP contribution in [-0.4, -0.2) is 10.9 Å². The second-order valence-electron chi connectivity index (χ2n) is 2.35. The highest BCUT2D eigenvalue weighted by Gasteiger charge is 1.93. The van der Waals surface area contributed by atoms with E-state index in [4.69, 9.17) is 5.11 Å². The smallest absolute Gasteiger partial charge is 0.155 e. The van der Waals surface area contributed by atoms with Crippen LogP contribution in [-0.2, 0) is 4.79 Å². The molecule has 0 saturated heterocycles. The summed E-state index contributed by atoms with van der Waals surface area (Å²) in [6.07, 6.45) is 3.87. The summed E-state index contributed by atoms with van der Waals surface area (Å²) in [4.78, 5) is 10.4. The minimum absolute atomic E-state index is 0.0893. The Kier molecular flexibility index (Phi) is 4.63. The summed E-state index contributed by atoms with van der Waals surface area (Å²) in [6.45, 7) is 3.48. The summed E-state index contributed by atoms with van der Waals surface area (Å²) in [5.41, 5.74) is 0. The molecule has 58 valence electrons. The Bertz CT molecular complexity index is 136. The van der Waals surface area contributed by atoms with Crippen molar-refractivity contribution in [3.8, 4) is 0 Å². The zero-order valence-corrected chi connectivity index (χ0v) is 6.55. The number of hydrogen-bond acceptors (Lipinski definition) is 2. The quantitative estimate of drug-likeness (QED) is 0.482. The van der Waals surface area contributed by atoms with Crippen LogP contribution in [0.15, 0.2) is 11.8 Å². The molecule has 0 spiro atoms. The molecular formula is C8H14O2. The van der Waals surface area contributed by atoms with Gasteiger partial charge in [-0.15, -0.1) is 0 Å². The van der Waals surface area contributed by atoms with Crippen molar-refractivity contribution in [2.75, 3.05) is 0 Å². The van der Waals surface area contributed by atoms with E-state index in [1.807, 2.05) is 6.92 Å². The number of rotatable bonds is 4. The predicted octanol–water partition coefficient (Wildman–Crippen LogP) is 2.21. The van der Waals surface area contributed by atoms with Crippen molar-refractivity contribution in [3.63, 3.8) is 0 Å². The van der Waals surface area contributed by atoms with E-state index in [-0.39, 0.29) is 11.5 Å². The average molecular weight is 142 g/mol. The zero-order valence-electron chi connectivity index (χ0n) is 6.55. The van der Waals surface area contributed by atoms with E-state index in [1.54, 1.807) is 0 Å². The Labute approximate surface area is 61.6 Å². The van der Waals surface area contributed by atoms with Gasteiger partial charge >= 0.3 is 0 Å². The predicted molar refractivity (Wildman–Crippen MR) is 40.9 cm³/mol. The van der Waals surface area contributed by atoms with Crippen LogP contribution < -0.4 is 0 Å². The third-order valence-electron chi connectivity index (χ3n) is 1.16. The van der Waals surface area contributed by atoms with Crippen LogP contribution in [0.3, 0.4) is 0 Å². The molecular weight excluding hydrogens is 128 g/mol. The van der Waals surface area contributed by atoms with Gasteiger partial charge in [-0.2, -0.15) is 0 Å². The van der Waals surface area contributed by atoms with Crippen LogP contribution in [0, 0.1) is 0 Å². The third kappa shape index (κ3) is 5.35. The zero-order chi connectivity index (χ0) is 7.98. The molecule has 2 heteroatoms. The Morgan fingerprint density at radius 2 is 2.20 bits per heavy atom. The van der Waals surface area contributed by atoms with Crippen molar-refractivity contribution in [2.24, 2.45) is 0 Å². The van der Waals surface area contributed by atoms with Crippen LogP contribution >= 0.6 is 0 Å². The Morgan fingerprint density at radius 3 is 2.60 bits per heavy atom. The maximum Gasteiger partial charge on any atom is 0.155 e. The number of allylic oxidation sites excluding steroid dienone is 2. The summed E-state index contributed by atoms with van der Waals surface area (Å²) >= 11 is 0. The lowest BCUT2D eigenvalue weighted by Gasteiger charge is -1.94. The van der Waals surface area contributed by atoms with Crippen LogP contribution in [0.5, 0.6) is 0 Å². The van der Waals surface area contributed by atoms with E-state index in [9.17, 15) is 4.79 Å². The van der Waals surface area contributed by atoms with E-state index >= 15 is 0 Å². The molecule has 0 unspecified atom stereocenters. The summed E-state index contributed by atoms with van der Waals surface area (Å²) in [7, 11) is 0. The molecule has 0 heterocycles. The van der Waals surface area contributed by atoms with Crippen molar-refractivity contribution >= 4 is 5.78 Å². The molecule has 0 aliphatic carbocycles. The lowest BCUT2D eigenvalue weighted by atomic mass is 10.2. The molecule has 0 rings (SSSR count). The summed E-state index contributed by atoms with van der Waals surface area (Å²) in [5.74, 6) is 0.114. The van der Waals surface area contributed by atoms with Crippen molar-refractivity contribution in [3.05, 3.63) is 11.8 Å². The fourth-order valence-corrected chi connectivity index (χ4v) is 0.665. The van der Waals surface area contributed by atoms with Gasteiger partial charge in [0.2, 0.25) is 0 Å². The van der Waals surface area contributed by atoms with E-state index in [0.29, 0.717) is 6.42 Å². The van der Waals surface area contributed by atoms with Crippen LogP contribution in [0.2, 0.25) is 0 Å². The van der Waals surface area contributed by atoms with Gasteiger partial charge in [0.25, 0.3) is 0 Å². The first-order chi connectivity index (χ1) is 4.66. The molecule has 0 amide bonds.